The zero-order chi connectivity index (χ0) is 29.2. The molecule has 2 amide bonds. The summed E-state index contributed by atoms with van der Waals surface area (Å²) < 4.78 is 13.0. The Bertz CT molecular complexity index is 1740. The van der Waals surface area contributed by atoms with Crippen molar-refractivity contribution < 1.29 is 19.1 Å². The molecule has 5 aromatic rings. The van der Waals surface area contributed by atoms with Gasteiger partial charge in [0.15, 0.2) is 0 Å². The van der Waals surface area contributed by atoms with Crippen LogP contribution in [0.2, 0.25) is 0 Å². The first-order valence-corrected chi connectivity index (χ1v) is 13.7. The number of amides is 2. The number of ether oxygens (including phenoxy) is 2. The molecule has 0 aliphatic carbocycles. The van der Waals surface area contributed by atoms with Gasteiger partial charge >= 0.3 is 0 Å². The van der Waals surface area contributed by atoms with Crippen LogP contribution >= 0.6 is 0 Å². The smallest absolute Gasteiger partial charge is 0.261 e. The van der Waals surface area contributed by atoms with Crippen molar-refractivity contribution in [1.29, 1.82) is 0 Å². The number of benzene rings is 3. The average molecular weight is 563 g/mol. The van der Waals surface area contributed by atoms with Crippen LogP contribution in [0.15, 0.2) is 79.3 Å². The van der Waals surface area contributed by atoms with E-state index in [4.69, 9.17) is 14.5 Å². The van der Waals surface area contributed by atoms with E-state index in [-0.39, 0.29) is 18.4 Å². The van der Waals surface area contributed by atoms with Crippen LogP contribution in [-0.4, -0.2) is 63.8 Å². The molecule has 0 bridgehead atoms. The van der Waals surface area contributed by atoms with Gasteiger partial charge in [0, 0.05) is 61.0 Å². The van der Waals surface area contributed by atoms with E-state index in [2.05, 4.69) is 17.0 Å². The molecule has 0 unspecified atom stereocenters. The van der Waals surface area contributed by atoms with Crippen molar-refractivity contribution in [3.05, 3.63) is 90.4 Å². The lowest BCUT2D eigenvalue weighted by Gasteiger charge is -2.28. The lowest BCUT2D eigenvalue weighted by atomic mass is 10.1. The van der Waals surface area contributed by atoms with E-state index < -0.39 is 0 Å². The Morgan fingerprint density at radius 2 is 1.52 bits per heavy atom. The molecule has 1 aliphatic heterocycles. The van der Waals surface area contributed by atoms with Crippen LogP contribution in [0.25, 0.3) is 22.3 Å². The van der Waals surface area contributed by atoms with Gasteiger partial charge in [-0.2, -0.15) is 5.10 Å². The van der Waals surface area contributed by atoms with Gasteiger partial charge in [0.1, 0.15) is 11.5 Å². The number of carbonyl (C=O) groups is 2. The molecule has 6 rings (SSSR count). The Balaban J connectivity index is 1.37. The molecule has 42 heavy (non-hydrogen) atoms. The first kappa shape index (κ1) is 26.9. The van der Waals surface area contributed by atoms with Crippen molar-refractivity contribution in [3.8, 4) is 22.8 Å². The normalized spacial score (nSPS) is 12.6. The topological polar surface area (TPSA) is 103 Å². The number of fused-ring (bicyclic) bond motifs is 2. The van der Waals surface area contributed by atoms with Gasteiger partial charge < -0.3 is 14.4 Å². The van der Waals surface area contributed by atoms with Crippen molar-refractivity contribution in [2.45, 2.75) is 19.9 Å². The maximum atomic E-state index is 13.1. The number of carbonyl (C=O) groups excluding carboxylic acids is 2. The fourth-order valence-electron chi connectivity index (χ4n) is 5.15. The molecule has 212 valence electrons. The van der Waals surface area contributed by atoms with Crippen molar-refractivity contribution >= 4 is 34.2 Å². The molecule has 3 aromatic carbocycles. The number of hydrogen-bond donors (Lipinski definition) is 0. The zero-order valence-corrected chi connectivity index (χ0v) is 23.7. The van der Waals surface area contributed by atoms with E-state index in [1.807, 2.05) is 46.1 Å². The van der Waals surface area contributed by atoms with E-state index in [0.717, 1.165) is 41.1 Å². The van der Waals surface area contributed by atoms with Crippen molar-refractivity contribution in [2.75, 3.05) is 32.2 Å². The monoisotopic (exact) mass is 562 g/mol. The minimum atomic E-state index is -0.295. The largest absolute Gasteiger partial charge is 0.497 e. The lowest BCUT2D eigenvalue weighted by molar-refractivity contribution is 0.0659. The van der Waals surface area contributed by atoms with E-state index in [0.29, 0.717) is 34.7 Å². The van der Waals surface area contributed by atoms with Crippen LogP contribution in [0.5, 0.6) is 11.5 Å². The highest BCUT2D eigenvalue weighted by atomic mass is 16.5. The van der Waals surface area contributed by atoms with Crippen molar-refractivity contribution in [2.24, 2.45) is 0 Å². The first-order valence-electron chi connectivity index (χ1n) is 13.7. The second kappa shape index (κ2) is 11.3. The third-order valence-corrected chi connectivity index (χ3v) is 7.29. The Labute approximate surface area is 243 Å². The third kappa shape index (κ3) is 5.03. The zero-order valence-electron chi connectivity index (χ0n) is 23.7. The van der Waals surface area contributed by atoms with Gasteiger partial charge in [0.25, 0.3) is 11.8 Å². The molecule has 0 spiro atoms. The molecular formula is C32H30N6O4. The van der Waals surface area contributed by atoms with Gasteiger partial charge in [-0.1, -0.05) is 19.1 Å². The van der Waals surface area contributed by atoms with Crippen LogP contribution in [0.4, 0.5) is 11.4 Å². The lowest BCUT2D eigenvalue weighted by Crippen LogP contribution is -2.36. The Morgan fingerprint density at radius 1 is 0.810 bits per heavy atom. The maximum absolute atomic E-state index is 13.1. The van der Waals surface area contributed by atoms with E-state index in [1.54, 1.807) is 56.9 Å². The summed E-state index contributed by atoms with van der Waals surface area (Å²) in [6.07, 6.45) is 6.51. The molecule has 3 heterocycles. The van der Waals surface area contributed by atoms with Crippen molar-refractivity contribution in [3.63, 3.8) is 0 Å². The van der Waals surface area contributed by atoms with Gasteiger partial charge in [-0.25, -0.2) is 4.98 Å². The molecule has 2 aromatic heterocycles. The van der Waals surface area contributed by atoms with Crippen molar-refractivity contribution in [1.82, 2.24) is 24.6 Å². The van der Waals surface area contributed by atoms with Gasteiger partial charge in [-0.3, -0.25) is 24.2 Å². The highest BCUT2D eigenvalue weighted by Gasteiger charge is 2.35. The summed E-state index contributed by atoms with van der Waals surface area (Å²) in [5.74, 6) is 0.636. The van der Waals surface area contributed by atoms with Crippen LogP contribution < -0.4 is 14.4 Å². The number of aryl methyl sites for hydroxylation is 1. The van der Waals surface area contributed by atoms with Gasteiger partial charge in [-0.05, 0) is 36.8 Å². The summed E-state index contributed by atoms with van der Waals surface area (Å²) in [5.41, 5.74) is 5.49. The Kier molecular flexibility index (Phi) is 7.26. The minimum absolute atomic E-state index is 0.173. The van der Waals surface area contributed by atoms with Crippen LogP contribution in [0, 0.1) is 0 Å². The number of aromatic nitrogens is 4. The maximum Gasteiger partial charge on any atom is 0.261 e. The molecule has 0 radical (unpaired) electrons. The van der Waals surface area contributed by atoms with Crippen LogP contribution in [0.3, 0.4) is 0 Å². The van der Waals surface area contributed by atoms with Crippen LogP contribution in [-0.2, 0) is 6.54 Å². The number of anilines is 2. The second-order valence-corrected chi connectivity index (χ2v) is 9.95. The fraction of sp³-hybridized carbons (Fsp3) is 0.219. The number of rotatable bonds is 10. The molecule has 10 heteroatoms. The number of hydrogen-bond acceptors (Lipinski definition) is 8. The van der Waals surface area contributed by atoms with Crippen LogP contribution in [0.1, 0.15) is 34.1 Å². The Hall–Kier alpha value is -5.25. The molecule has 0 atom stereocenters. The van der Waals surface area contributed by atoms with E-state index >= 15 is 0 Å². The molecule has 10 nitrogen and oxygen atoms in total. The quantitative estimate of drug-likeness (QED) is 0.210. The fourth-order valence-corrected chi connectivity index (χ4v) is 5.15. The average Bonchev–Trinajstić information content (AvgIpc) is 3.59. The van der Waals surface area contributed by atoms with Gasteiger partial charge in [-0.15, -0.1) is 0 Å². The van der Waals surface area contributed by atoms with E-state index in [1.165, 1.54) is 4.90 Å². The number of methoxy groups -OCH3 is 2. The Morgan fingerprint density at radius 3 is 2.19 bits per heavy atom. The summed E-state index contributed by atoms with van der Waals surface area (Å²) in [4.78, 5) is 39.1. The molecule has 1 aliphatic rings. The first-order chi connectivity index (χ1) is 20.5. The highest BCUT2D eigenvalue weighted by molar-refractivity contribution is 6.21. The second-order valence-electron chi connectivity index (χ2n) is 9.95. The number of nitrogens with zero attached hydrogens (tertiary/aromatic N) is 6. The summed E-state index contributed by atoms with van der Waals surface area (Å²) in [6, 6.07) is 18.3. The van der Waals surface area contributed by atoms with Gasteiger partial charge in [0.05, 0.1) is 54.5 Å². The third-order valence-electron chi connectivity index (χ3n) is 7.29. The van der Waals surface area contributed by atoms with E-state index in [9.17, 15) is 9.59 Å². The molecule has 0 N–H and O–H groups in total. The summed E-state index contributed by atoms with van der Waals surface area (Å²) in [5, 5.41) is 4.43. The highest BCUT2D eigenvalue weighted by Crippen LogP contribution is 2.34. The SMILES string of the molecule is CCCn1cc(-c2cnc3ccc(N(CCN4C(=O)c5ccccc5C4=O)c4cc(OC)cc(OC)c4)cc3n2)cn1. The predicted molar refractivity (Wildman–Crippen MR) is 159 cm³/mol. The molecular weight excluding hydrogens is 532 g/mol. The summed E-state index contributed by atoms with van der Waals surface area (Å²) in [7, 11) is 3.19. The number of imide groups is 1. The minimum Gasteiger partial charge on any atom is -0.497 e. The molecule has 0 saturated carbocycles. The molecule has 0 fully saturated rings. The summed E-state index contributed by atoms with van der Waals surface area (Å²) >= 11 is 0. The molecule has 0 saturated heterocycles. The van der Waals surface area contributed by atoms with Gasteiger partial charge in [0.2, 0.25) is 0 Å². The standard InChI is InChI=1S/C32H30N6O4/c1-4-11-36-20-21(18-34-36)30-19-33-28-10-9-22(16-29(28)35-30)37(23-14-24(41-2)17-25(15-23)42-3)12-13-38-31(39)26-7-5-6-8-27(26)32(38)40/h5-10,14-20H,4,11-13H2,1-3H3. The summed E-state index contributed by atoms with van der Waals surface area (Å²) in [6.45, 7) is 3.43. The predicted octanol–water partition coefficient (Wildman–Crippen LogP) is 5.35.